The van der Waals surface area contributed by atoms with Crippen molar-refractivity contribution in [3.05, 3.63) is 12.3 Å². The first-order valence-electron chi connectivity index (χ1n) is 6.77. The van der Waals surface area contributed by atoms with E-state index in [2.05, 4.69) is 31.2 Å². The lowest BCUT2D eigenvalue weighted by Gasteiger charge is -2.32. The maximum atomic E-state index is 11.4. The second kappa shape index (κ2) is 5.73. The van der Waals surface area contributed by atoms with Gasteiger partial charge in [-0.2, -0.15) is 5.10 Å². The van der Waals surface area contributed by atoms with Gasteiger partial charge in [-0.05, 0) is 33.6 Å². The average molecular weight is 284 g/mol. The van der Waals surface area contributed by atoms with Crippen LogP contribution < -0.4 is 5.32 Å². The van der Waals surface area contributed by atoms with Crippen LogP contribution >= 0.6 is 0 Å². The van der Waals surface area contributed by atoms with Crippen molar-refractivity contribution < 1.29 is 4.55 Å². The average Bonchev–Trinajstić information content (AvgIpc) is 2.77. The second-order valence-electron chi connectivity index (χ2n) is 6.07. The molecule has 1 aliphatic rings. The Balaban J connectivity index is 1.95. The van der Waals surface area contributed by atoms with Gasteiger partial charge in [-0.1, -0.05) is 0 Å². The fourth-order valence-electron chi connectivity index (χ4n) is 2.41. The third kappa shape index (κ3) is 3.64. The smallest absolute Gasteiger partial charge is 0.125 e. The Kier molecular flexibility index (Phi) is 4.43. The molecule has 1 aliphatic heterocycles. The van der Waals surface area contributed by atoms with E-state index in [-0.39, 0.29) is 5.54 Å². The van der Waals surface area contributed by atoms with E-state index in [4.69, 9.17) is 0 Å². The first-order chi connectivity index (χ1) is 8.88. The lowest BCUT2D eigenvalue weighted by molar-refractivity contribution is 0.325. The molecule has 108 valence electrons. The van der Waals surface area contributed by atoms with Gasteiger partial charge >= 0.3 is 0 Å². The van der Waals surface area contributed by atoms with Gasteiger partial charge in [0.2, 0.25) is 0 Å². The first kappa shape index (κ1) is 14.7. The molecular weight excluding hydrogens is 260 g/mol. The summed E-state index contributed by atoms with van der Waals surface area (Å²) in [6.45, 7) is 8.23. The van der Waals surface area contributed by atoms with Gasteiger partial charge in [0.1, 0.15) is 12.1 Å². The Labute approximate surface area is 118 Å². The number of aromatic nitrogens is 2. The molecule has 0 saturated carbocycles. The maximum absolute atomic E-state index is 11.4. The fourth-order valence-corrected chi connectivity index (χ4v) is 3.14. The number of rotatable bonds is 3. The van der Waals surface area contributed by atoms with E-state index >= 15 is 0 Å². The minimum absolute atomic E-state index is 0.0164. The van der Waals surface area contributed by atoms with Gasteiger partial charge in [-0.15, -0.1) is 4.31 Å². The monoisotopic (exact) mass is 284 g/mol. The molecule has 2 heterocycles. The molecule has 19 heavy (non-hydrogen) atoms. The highest BCUT2D eigenvalue weighted by Gasteiger charge is 2.26. The number of anilines is 1. The van der Waals surface area contributed by atoms with Crippen LogP contribution in [0.2, 0.25) is 0 Å². The second-order valence-corrected chi connectivity index (χ2v) is 7.43. The third-order valence-corrected chi connectivity index (χ3v) is 4.54. The lowest BCUT2D eigenvalue weighted by atomic mass is 10.1. The standard InChI is InChI=1S/C13H24N4OS/c1-13(2,3)17-12(5-8-14-17)15-11-6-9-16(10-7-11)19(4)18/h5,8,11,15H,6-7,9-10H2,1-4H3. The van der Waals surface area contributed by atoms with E-state index in [1.807, 2.05) is 21.3 Å². The summed E-state index contributed by atoms with van der Waals surface area (Å²) >= 11 is -0.836. The summed E-state index contributed by atoms with van der Waals surface area (Å²) in [5, 5.41) is 7.96. The van der Waals surface area contributed by atoms with Crippen LogP contribution in [0.5, 0.6) is 0 Å². The molecule has 1 atom stereocenters. The summed E-state index contributed by atoms with van der Waals surface area (Å²) in [6.07, 6.45) is 5.63. The van der Waals surface area contributed by atoms with Crippen LogP contribution in [0, 0.1) is 0 Å². The minimum Gasteiger partial charge on any atom is -0.598 e. The number of nitrogens with zero attached hydrogens (tertiary/aromatic N) is 3. The predicted molar refractivity (Wildman–Crippen MR) is 79.5 cm³/mol. The fraction of sp³-hybridized carbons (Fsp3) is 0.769. The van der Waals surface area contributed by atoms with Gasteiger partial charge in [0.05, 0.1) is 11.7 Å². The number of hydrogen-bond donors (Lipinski definition) is 1. The van der Waals surface area contributed by atoms with Gasteiger partial charge in [-0.3, -0.25) is 0 Å². The molecule has 6 heteroatoms. The summed E-state index contributed by atoms with van der Waals surface area (Å²) in [5.41, 5.74) is -0.0164. The van der Waals surface area contributed by atoms with Crippen LogP contribution in [0.3, 0.4) is 0 Å². The van der Waals surface area contributed by atoms with Crippen LogP contribution in [0.4, 0.5) is 5.82 Å². The van der Waals surface area contributed by atoms with Crippen LogP contribution in [-0.4, -0.2) is 44.0 Å². The van der Waals surface area contributed by atoms with Crippen molar-refractivity contribution in [1.29, 1.82) is 0 Å². The molecule has 1 saturated heterocycles. The molecule has 0 amide bonds. The topological polar surface area (TPSA) is 56.1 Å². The van der Waals surface area contributed by atoms with E-state index in [9.17, 15) is 4.55 Å². The van der Waals surface area contributed by atoms with Crippen molar-refractivity contribution in [2.45, 2.75) is 45.2 Å². The quantitative estimate of drug-likeness (QED) is 0.860. The molecule has 0 spiro atoms. The highest BCUT2D eigenvalue weighted by atomic mass is 32.2. The molecular formula is C13H24N4OS. The van der Waals surface area contributed by atoms with Crippen molar-refractivity contribution in [3.8, 4) is 0 Å². The molecule has 0 aliphatic carbocycles. The van der Waals surface area contributed by atoms with Crippen LogP contribution in [0.25, 0.3) is 0 Å². The summed E-state index contributed by atoms with van der Waals surface area (Å²) < 4.78 is 15.5. The van der Waals surface area contributed by atoms with Gasteiger partial charge in [0.15, 0.2) is 0 Å². The summed E-state index contributed by atoms with van der Waals surface area (Å²) in [7, 11) is 0. The molecule has 1 fully saturated rings. The zero-order valence-corrected chi connectivity index (χ0v) is 13.0. The maximum Gasteiger partial charge on any atom is 0.125 e. The Morgan fingerprint density at radius 3 is 2.53 bits per heavy atom. The van der Waals surface area contributed by atoms with E-state index < -0.39 is 11.4 Å². The molecule has 1 unspecified atom stereocenters. The van der Waals surface area contributed by atoms with Gasteiger partial charge < -0.3 is 9.87 Å². The molecule has 1 aromatic rings. The molecule has 0 aromatic carbocycles. The zero-order chi connectivity index (χ0) is 14.0. The van der Waals surface area contributed by atoms with Crippen molar-refractivity contribution in [2.24, 2.45) is 0 Å². The van der Waals surface area contributed by atoms with Gasteiger partial charge in [0.25, 0.3) is 0 Å². The Morgan fingerprint density at radius 2 is 2.00 bits per heavy atom. The number of hydrogen-bond acceptors (Lipinski definition) is 4. The van der Waals surface area contributed by atoms with E-state index in [0.717, 1.165) is 31.7 Å². The highest BCUT2D eigenvalue weighted by molar-refractivity contribution is 7.88. The Hall–Kier alpha value is -0.720. The largest absolute Gasteiger partial charge is 0.598 e. The molecule has 0 radical (unpaired) electrons. The Bertz CT molecular complexity index is 405. The molecule has 2 rings (SSSR count). The predicted octanol–water partition coefficient (Wildman–Crippen LogP) is 1.81. The minimum atomic E-state index is -0.836. The van der Waals surface area contributed by atoms with Gasteiger partial charge in [0, 0.05) is 36.6 Å². The molecule has 1 aromatic heterocycles. The van der Waals surface area contributed by atoms with E-state index in [1.165, 1.54) is 0 Å². The molecule has 0 bridgehead atoms. The van der Waals surface area contributed by atoms with Crippen molar-refractivity contribution in [2.75, 3.05) is 24.7 Å². The highest BCUT2D eigenvalue weighted by Crippen LogP contribution is 2.22. The Morgan fingerprint density at radius 1 is 1.37 bits per heavy atom. The summed E-state index contributed by atoms with van der Waals surface area (Å²) in [6, 6.07) is 2.47. The number of nitrogens with one attached hydrogen (secondary N) is 1. The van der Waals surface area contributed by atoms with E-state index in [1.54, 1.807) is 6.26 Å². The normalized spacial score (nSPS) is 20.5. The zero-order valence-electron chi connectivity index (χ0n) is 12.2. The van der Waals surface area contributed by atoms with Crippen LogP contribution in [-0.2, 0) is 16.9 Å². The number of piperidine rings is 1. The molecule has 5 nitrogen and oxygen atoms in total. The van der Waals surface area contributed by atoms with Crippen LogP contribution in [0.15, 0.2) is 12.3 Å². The summed E-state index contributed by atoms with van der Waals surface area (Å²) in [4.78, 5) is 0. The lowest BCUT2D eigenvalue weighted by Crippen LogP contribution is -2.42. The van der Waals surface area contributed by atoms with Gasteiger partial charge in [-0.25, -0.2) is 4.68 Å². The first-order valence-corrected chi connectivity index (χ1v) is 8.29. The van der Waals surface area contributed by atoms with Crippen LogP contribution in [0.1, 0.15) is 33.6 Å². The van der Waals surface area contributed by atoms with Crippen molar-refractivity contribution in [3.63, 3.8) is 0 Å². The summed E-state index contributed by atoms with van der Waals surface area (Å²) in [5.74, 6) is 1.07. The SMILES string of the molecule is C[S+]([O-])N1CCC(Nc2ccnn2C(C)(C)C)CC1. The molecule has 1 N–H and O–H groups in total. The van der Waals surface area contributed by atoms with Crippen molar-refractivity contribution >= 4 is 17.2 Å². The third-order valence-electron chi connectivity index (χ3n) is 3.45. The van der Waals surface area contributed by atoms with E-state index in [0.29, 0.717) is 6.04 Å². The van der Waals surface area contributed by atoms with Crippen molar-refractivity contribution in [1.82, 2.24) is 14.1 Å².